The van der Waals surface area contributed by atoms with E-state index in [1.807, 2.05) is 50.2 Å². The van der Waals surface area contributed by atoms with E-state index in [9.17, 15) is 9.59 Å². The summed E-state index contributed by atoms with van der Waals surface area (Å²) in [5.41, 5.74) is 5.71. The van der Waals surface area contributed by atoms with Crippen molar-refractivity contribution in [3.8, 4) is 11.5 Å². The van der Waals surface area contributed by atoms with Crippen LogP contribution in [-0.2, 0) is 27.3 Å². The van der Waals surface area contributed by atoms with Crippen molar-refractivity contribution < 1.29 is 28.5 Å². The molecule has 2 N–H and O–H groups in total. The Morgan fingerprint density at radius 1 is 0.939 bits per heavy atom. The van der Waals surface area contributed by atoms with Gasteiger partial charge in [0.15, 0.2) is 11.5 Å². The van der Waals surface area contributed by atoms with Crippen LogP contribution < -0.4 is 20.3 Å². The van der Waals surface area contributed by atoms with Gasteiger partial charge in [0.2, 0.25) is 0 Å². The fourth-order valence-electron chi connectivity index (χ4n) is 3.25. The van der Waals surface area contributed by atoms with Crippen LogP contribution in [0.2, 0.25) is 0 Å². The predicted octanol–water partition coefficient (Wildman–Crippen LogP) is 4.17. The first-order chi connectivity index (χ1) is 15.8. The van der Waals surface area contributed by atoms with Gasteiger partial charge >= 0.3 is 12.1 Å². The topological polar surface area (TPSA) is 95.1 Å². The van der Waals surface area contributed by atoms with E-state index in [0.717, 1.165) is 11.1 Å². The summed E-state index contributed by atoms with van der Waals surface area (Å²) in [6.07, 6.45) is 0.704. The molecule has 33 heavy (non-hydrogen) atoms. The number of nitrogens with one attached hydrogen (secondary N) is 2. The first-order valence-electron chi connectivity index (χ1n) is 11.0. The van der Waals surface area contributed by atoms with Gasteiger partial charge in [0.25, 0.3) is 0 Å². The maximum atomic E-state index is 13.1. The molecule has 1 atom stereocenters. The Labute approximate surface area is 195 Å². The fraction of sp³-hybridized carbons (Fsp3) is 0.440. The molecular weight excluding hydrogens is 424 g/mol. The Kier molecular flexibility index (Phi) is 10.00. The van der Waals surface area contributed by atoms with Gasteiger partial charge in [0, 0.05) is 6.42 Å². The molecular formula is C25H34N2O6. The summed E-state index contributed by atoms with van der Waals surface area (Å²) < 4.78 is 21.6. The lowest BCUT2D eigenvalue weighted by Crippen LogP contribution is -2.59. The number of ether oxygens (including phenoxy) is 4. The summed E-state index contributed by atoms with van der Waals surface area (Å²) in [6.45, 7) is 5.70. The monoisotopic (exact) mass is 458 g/mol. The van der Waals surface area contributed by atoms with Crippen LogP contribution in [0.5, 0.6) is 11.5 Å². The molecule has 2 rings (SSSR count). The van der Waals surface area contributed by atoms with Crippen molar-refractivity contribution in [2.75, 3.05) is 14.2 Å². The predicted molar refractivity (Wildman–Crippen MR) is 125 cm³/mol. The van der Waals surface area contributed by atoms with E-state index < -0.39 is 17.6 Å². The zero-order valence-corrected chi connectivity index (χ0v) is 20.0. The molecule has 0 aliphatic carbocycles. The van der Waals surface area contributed by atoms with Gasteiger partial charge in [-0.3, -0.25) is 5.43 Å². The molecule has 8 heteroatoms. The lowest BCUT2D eigenvalue weighted by atomic mass is 9.93. The third-order valence-electron chi connectivity index (χ3n) is 5.29. The smallest absolute Gasteiger partial charge is 0.421 e. The molecule has 0 heterocycles. The molecule has 0 saturated carbocycles. The summed E-state index contributed by atoms with van der Waals surface area (Å²) in [4.78, 5) is 25.4. The van der Waals surface area contributed by atoms with Crippen molar-refractivity contribution in [3.63, 3.8) is 0 Å². The van der Waals surface area contributed by atoms with Gasteiger partial charge in [-0.25, -0.2) is 15.0 Å². The summed E-state index contributed by atoms with van der Waals surface area (Å²) in [5.74, 6) is 0.647. The number of hydrogen-bond donors (Lipinski definition) is 2. The number of carbonyl (C=O) groups excluding carboxylic acids is 2. The number of benzene rings is 2. The first kappa shape index (κ1) is 26.0. The number of amides is 1. The van der Waals surface area contributed by atoms with Gasteiger partial charge in [-0.15, -0.1) is 0 Å². The second kappa shape index (κ2) is 12.7. The van der Waals surface area contributed by atoms with Crippen LogP contribution in [0.15, 0.2) is 48.5 Å². The SMILES string of the molecule is CCC(CC)OC(=O)[C@](C)(Cc1ccc(OC)c(OC)c1)NNC(=O)OCc1ccccc1. The van der Waals surface area contributed by atoms with Gasteiger partial charge in [0.1, 0.15) is 18.2 Å². The Hall–Kier alpha value is -3.26. The van der Waals surface area contributed by atoms with Crippen molar-refractivity contribution in [2.24, 2.45) is 0 Å². The number of esters is 1. The largest absolute Gasteiger partial charge is 0.493 e. The summed E-state index contributed by atoms with van der Waals surface area (Å²) >= 11 is 0. The maximum Gasteiger partial charge on any atom is 0.421 e. The molecule has 0 aliphatic heterocycles. The average Bonchev–Trinajstić information content (AvgIpc) is 2.85. The molecule has 180 valence electrons. The van der Waals surface area contributed by atoms with E-state index in [4.69, 9.17) is 18.9 Å². The minimum Gasteiger partial charge on any atom is -0.493 e. The average molecular weight is 459 g/mol. The van der Waals surface area contributed by atoms with E-state index in [0.29, 0.717) is 24.3 Å². The molecule has 8 nitrogen and oxygen atoms in total. The van der Waals surface area contributed by atoms with Crippen LogP contribution in [0.4, 0.5) is 4.79 Å². The summed E-state index contributed by atoms with van der Waals surface area (Å²) in [6, 6.07) is 14.7. The molecule has 0 radical (unpaired) electrons. The van der Waals surface area contributed by atoms with Gasteiger partial charge in [-0.05, 0) is 43.0 Å². The standard InChI is InChI=1S/C25H34N2O6/c1-6-20(7-2)33-23(28)25(3,16-19-13-14-21(30-4)22(15-19)31-5)27-26-24(29)32-17-18-11-9-8-10-12-18/h8-15,20,27H,6-7,16-17H2,1-5H3,(H,26,29)/t25-/m0/s1. The van der Waals surface area contributed by atoms with Crippen molar-refractivity contribution in [2.45, 2.75) is 58.3 Å². The van der Waals surface area contributed by atoms with Gasteiger partial charge in [0.05, 0.1) is 14.2 Å². The molecule has 2 aromatic rings. The van der Waals surface area contributed by atoms with Gasteiger partial charge in [-0.1, -0.05) is 50.2 Å². The Bertz CT molecular complexity index is 901. The summed E-state index contributed by atoms with van der Waals surface area (Å²) in [7, 11) is 3.10. The highest BCUT2D eigenvalue weighted by atomic mass is 16.6. The lowest BCUT2D eigenvalue weighted by molar-refractivity contribution is -0.157. The van der Waals surface area contributed by atoms with E-state index >= 15 is 0 Å². The molecule has 2 aromatic carbocycles. The molecule has 0 unspecified atom stereocenters. The quantitative estimate of drug-likeness (QED) is 0.364. The number of hydrogen-bond acceptors (Lipinski definition) is 7. The maximum absolute atomic E-state index is 13.1. The van der Waals surface area contributed by atoms with E-state index in [1.165, 1.54) is 0 Å². The van der Waals surface area contributed by atoms with Crippen LogP contribution >= 0.6 is 0 Å². The minimum absolute atomic E-state index is 0.110. The number of hydrazine groups is 1. The fourth-order valence-corrected chi connectivity index (χ4v) is 3.25. The van der Waals surface area contributed by atoms with Crippen molar-refractivity contribution in [3.05, 3.63) is 59.7 Å². The molecule has 0 saturated heterocycles. The summed E-state index contributed by atoms with van der Waals surface area (Å²) in [5, 5.41) is 0. The van der Waals surface area contributed by atoms with Crippen LogP contribution in [0.1, 0.15) is 44.7 Å². The molecule has 0 aliphatic rings. The van der Waals surface area contributed by atoms with Gasteiger partial charge < -0.3 is 18.9 Å². The van der Waals surface area contributed by atoms with Crippen LogP contribution in [0, 0.1) is 0 Å². The third kappa shape index (κ3) is 7.68. The Balaban J connectivity index is 2.14. The highest BCUT2D eigenvalue weighted by Crippen LogP contribution is 2.29. The van der Waals surface area contributed by atoms with E-state index in [1.54, 1.807) is 33.3 Å². The molecule has 0 aromatic heterocycles. The third-order valence-corrected chi connectivity index (χ3v) is 5.29. The van der Waals surface area contributed by atoms with Crippen LogP contribution in [0.3, 0.4) is 0 Å². The zero-order valence-electron chi connectivity index (χ0n) is 20.0. The second-order valence-corrected chi connectivity index (χ2v) is 7.85. The highest BCUT2D eigenvalue weighted by Gasteiger charge is 2.37. The second-order valence-electron chi connectivity index (χ2n) is 7.85. The number of methoxy groups -OCH3 is 2. The van der Waals surface area contributed by atoms with Gasteiger partial charge in [-0.2, -0.15) is 0 Å². The van der Waals surface area contributed by atoms with Crippen molar-refractivity contribution in [1.82, 2.24) is 10.9 Å². The van der Waals surface area contributed by atoms with Crippen LogP contribution in [-0.4, -0.2) is 37.9 Å². The normalized spacial score (nSPS) is 12.5. The lowest BCUT2D eigenvalue weighted by Gasteiger charge is -2.30. The number of carbonyl (C=O) groups is 2. The zero-order chi connectivity index (χ0) is 24.3. The van der Waals surface area contributed by atoms with Crippen LogP contribution in [0.25, 0.3) is 0 Å². The minimum atomic E-state index is -1.26. The van der Waals surface area contributed by atoms with Crippen molar-refractivity contribution in [1.29, 1.82) is 0 Å². The Morgan fingerprint density at radius 3 is 2.21 bits per heavy atom. The van der Waals surface area contributed by atoms with E-state index in [2.05, 4.69) is 10.9 Å². The highest BCUT2D eigenvalue weighted by molar-refractivity contribution is 5.81. The Morgan fingerprint density at radius 2 is 1.61 bits per heavy atom. The van der Waals surface area contributed by atoms with Crippen molar-refractivity contribution >= 4 is 12.1 Å². The molecule has 0 bridgehead atoms. The number of rotatable bonds is 12. The molecule has 0 fully saturated rings. The molecule has 1 amide bonds. The molecule has 0 spiro atoms. The van der Waals surface area contributed by atoms with E-state index in [-0.39, 0.29) is 19.1 Å². The first-order valence-corrected chi connectivity index (χ1v) is 11.0.